The van der Waals surface area contributed by atoms with E-state index in [1.54, 1.807) is 0 Å². The second-order valence-corrected chi connectivity index (χ2v) is 4.50. The minimum absolute atomic E-state index is 0.114. The van der Waals surface area contributed by atoms with Gasteiger partial charge in [-0.2, -0.15) is 0 Å². The van der Waals surface area contributed by atoms with Gasteiger partial charge in [0.1, 0.15) is 12.2 Å². The van der Waals surface area contributed by atoms with Crippen molar-refractivity contribution in [3.05, 3.63) is 0 Å². The fourth-order valence-electron chi connectivity index (χ4n) is 2.00. The van der Waals surface area contributed by atoms with Gasteiger partial charge in [-0.05, 0) is 19.3 Å². The number of hydrogen-bond donors (Lipinski definition) is 2. The van der Waals surface area contributed by atoms with E-state index in [1.807, 2.05) is 0 Å². The highest BCUT2D eigenvalue weighted by Gasteiger charge is 2.32. The third-order valence-electron chi connectivity index (χ3n) is 2.97. The summed E-state index contributed by atoms with van der Waals surface area (Å²) in [4.78, 5) is 21.1. The Kier molecular flexibility index (Phi) is 5.97. The molecule has 5 nitrogen and oxygen atoms in total. The molecule has 0 amide bonds. The van der Waals surface area contributed by atoms with Gasteiger partial charge in [0.05, 0.1) is 6.42 Å². The molecule has 2 atom stereocenters. The Bertz CT molecular complexity index is 264. The number of aliphatic carboxylic acids is 1. The van der Waals surface area contributed by atoms with Gasteiger partial charge in [-0.15, -0.1) is 0 Å². The predicted octanol–water partition coefficient (Wildman–Crippen LogP) is 1.48. The first-order valence-corrected chi connectivity index (χ1v) is 6.19. The number of carbonyl (C=O) groups excluding carboxylic acids is 1. The van der Waals surface area contributed by atoms with Crippen molar-refractivity contribution in [2.45, 2.75) is 63.6 Å². The van der Waals surface area contributed by atoms with Crippen LogP contribution in [-0.2, 0) is 14.3 Å². The molecule has 0 aromatic rings. The number of carboxylic acids is 1. The topological polar surface area (TPSA) is 83.8 Å². The van der Waals surface area contributed by atoms with E-state index < -0.39 is 12.1 Å². The van der Waals surface area contributed by atoms with Crippen molar-refractivity contribution in [2.24, 2.45) is 0 Å². The van der Waals surface area contributed by atoms with Crippen molar-refractivity contribution < 1.29 is 24.5 Å². The van der Waals surface area contributed by atoms with Crippen LogP contribution in [0.5, 0.6) is 0 Å². The number of aliphatic hydroxyl groups is 1. The van der Waals surface area contributed by atoms with Gasteiger partial charge in [0.25, 0.3) is 0 Å². The maximum absolute atomic E-state index is 10.9. The number of carboxylic acid groups (broad SMARTS) is 1. The number of esters is 1. The quantitative estimate of drug-likeness (QED) is 0.499. The van der Waals surface area contributed by atoms with E-state index in [0.29, 0.717) is 6.42 Å². The number of rotatable bonds is 8. The average Bonchev–Trinajstić information content (AvgIpc) is 2.55. The number of hydrogen-bond acceptors (Lipinski definition) is 4. The monoisotopic (exact) mass is 244 g/mol. The van der Waals surface area contributed by atoms with Crippen molar-refractivity contribution in [1.82, 2.24) is 0 Å². The van der Waals surface area contributed by atoms with Gasteiger partial charge >= 0.3 is 11.9 Å². The Morgan fingerprint density at radius 3 is 2.47 bits per heavy atom. The first-order chi connectivity index (χ1) is 8.09. The molecule has 0 aromatic carbocycles. The predicted molar refractivity (Wildman–Crippen MR) is 60.5 cm³/mol. The molecule has 5 heteroatoms. The summed E-state index contributed by atoms with van der Waals surface area (Å²) in [5.41, 5.74) is 0. The molecule has 0 saturated carbocycles. The molecule has 1 heterocycles. The lowest BCUT2D eigenvalue weighted by molar-refractivity contribution is -0.142. The Labute approximate surface area is 101 Å². The molecule has 1 aliphatic heterocycles. The third kappa shape index (κ3) is 5.68. The molecule has 0 spiro atoms. The summed E-state index contributed by atoms with van der Waals surface area (Å²) in [6.45, 7) is 0. The molecule has 1 fully saturated rings. The molecule has 17 heavy (non-hydrogen) atoms. The zero-order valence-electron chi connectivity index (χ0n) is 9.93. The van der Waals surface area contributed by atoms with E-state index in [0.717, 1.165) is 32.1 Å². The van der Waals surface area contributed by atoms with Crippen molar-refractivity contribution in [3.63, 3.8) is 0 Å². The molecule has 1 aliphatic rings. The molecule has 0 aromatic heterocycles. The van der Waals surface area contributed by atoms with Crippen LogP contribution in [0, 0.1) is 0 Å². The smallest absolute Gasteiger partial charge is 0.308 e. The van der Waals surface area contributed by atoms with Crippen LogP contribution in [-0.4, -0.2) is 34.4 Å². The van der Waals surface area contributed by atoms with Gasteiger partial charge in [0.2, 0.25) is 0 Å². The van der Waals surface area contributed by atoms with Crippen LogP contribution in [0.4, 0.5) is 0 Å². The number of ether oxygens (including phenoxy) is 1. The zero-order valence-corrected chi connectivity index (χ0v) is 9.93. The van der Waals surface area contributed by atoms with Crippen molar-refractivity contribution in [1.29, 1.82) is 0 Å². The van der Waals surface area contributed by atoms with Crippen LogP contribution in [0.3, 0.4) is 0 Å². The summed E-state index contributed by atoms with van der Waals surface area (Å²) in [6, 6.07) is 0. The van der Waals surface area contributed by atoms with Crippen LogP contribution >= 0.6 is 0 Å². The highest BCUT2D eigenvalue weighted by molar-refractivity contribution is 5.72. The number of carbonyl (C=O) groups is 2. The van der Waals surface area contributed by atoms with Gasteiger partial charge in [0, 0.05) is 6.42 Å². The summed E-state index contributed by atoms with van der Waals surface area (Å²) in [6.07, 6.45) is 4.59. The molecule has 0 bridgehead atoms. The highest BCUT2D eigenvalue weighted by Crippen LogP contribution is 2.20. The van der Waals surface area contributed by atoms with Gasteiger partial charge < -0.3 is 14.9 Å². The lowest BCUT2D eigenvalue weighted by Gasteiger charge is -2.12. The summed E-state index contributed by atoms with van der Waals surface area (Å²) in [7, 11) is 0. The van der Waals surface area contributed by atoms with E-state index in [-0.39, 0.29) is 24.9 Å². The van der Waals surface area contributed by atoms with Crippen molar-refractivity contribution >= 4 is 11.9 Å². The van der Waals surface area contributed by atoms with Crippen LogP contribution in [0.15, 0.2) is 0 Å². The first-order valence-electron chi connectivity index (χ1n) is 6.19. The fourth-order valence-corrected chi connectivity index (χ4v) is 2.00. The maximum atomic E-state index is 10.9. The molecule has 0 radical (unpaired) electrons. The summed E-state index contributed by atoms with van der Waals surface area (Å²) >= 11 is 0. The van der Waals surface area contributed by atoms with Gasteiger partial charge in [-0.3, -0.25) is 9.59 Å². The number of cyclic esters (lactones) is 1. The summed E-state index contributed by atoms with van der Waals surface area (Å²) in [5.74, 6) is -1.06. The number of unbranched alkanes of at least 4 members (excludes halogenated alkanes) is 4. The Morgan fingerprint density at radius 2 is 1.88 bits per heavy atom. The van der Waals surface area contributed by atoms with Gasteiger partial charge in [-0.25, -0.2) is 0 Å². The molecule has 1 rings (SSSR count). The summed E-state index contributed by atoms with van der Waals surface area (Å²) in [5, 5.41) is 17.9. The molecular weight excluding hydrogens is 224 g/mol. The molecule has 98 valence electrons. The minimum atomic E-state index is -0.744. The summed E-state index contributed by atoms with van der Waals surface area (Å²) < 4.78 is 4.97. The SMILES string of the molecule is O=C(O)CCCCCCC[C@H]1OC(=O)C[C@@H]1O. The molecule has 0 aliphatic carbocycles. The molecular formula is C12H20O5. The minimum Gasteiger partial charge on any atom is -0.481 e. The molecule has 1 saturated heterocycles. The van der Waals surface area contributed by atoms with Gasteiger partial charge in [0.15, 0.2) is 0 Å². The lowest BCUT2D eigenvalue weighted by atomic mass is 10.0. The second-order valence-electron chi connectivity index (χ2n) is 4.50. The zero-order chi connectivity index (χ0) is 12.7. The van der Waals surface area contributed by atoms with E-state index in [1.165, 1.54) is 0 Å². The van der Waals surface area contributed by atoms with Crippen LogP contribution < -0.4 is 0 Å². The highest BCUT2D eigenvalue weighted by atomic mass is 16.6. The van der Waals surface area contributed by atoms with Crippen LogP contribution in [0.1, 0.15) is 51.4 Å². The molecule has 0 unspecified atom stereocenters. The standard InChI is InChI=1S/C12H20O5/c13-9-8-12(16)17-10(9)6-4-2-1-3-5-7-11(14)15/h9-10,13H,1-8H2,(H,14,15)/t9-,10+/m0/s1. The van der Waals surface area contributed by atoms with E-state index in [2.05, 4.69) is 0 Å². The molecule has 2 N–H and O–H groups in total. The average molecular weight is 244 g/mol. The van der Waals surface area contributed by atoms with Crippen LogP contribution in [0.2, 0.25) is 0 Å². The van der Waals surface area contributed by atoms with Crippen molar-refractivity contribution in [3.8, 4) is 0 Å². The second kappa shape index (κ2) is 7.27. The largest absolute Gasteiger partial charge is 0.481 e. The van der Waals surface area contributed by atoms with E-state index in [4.69, 9.17) is 9.84 Å². The van der Waals surface area contributed by atoms with E-state index >= 15 is 0 Å². The van der Waals surface area contributed by atoms with Crippen molar-refractivity contribution in [2.75, 3.05) is 0 Å². The van der Waals surface area contributed by atoms with Gasteiger partial charge in [-0.1, -0.05) is 19.3 Å². The Morgan fingerprint density at radius 1 is 1.24 bits per heavy atom. The third-order valence-corrected chi connectivity index (χ3v) is 2.97. The first kappa shape index (κ1) is 14.0. The van der Waals surface area contributed by atoms with Crippen LogP contribution in [0.25, 0.3) is 0 Å². The Hall–Kier alpha value is -1.10. The fraction of sp³-hybridized carbons (Fsp3) is 0.833. The maximum Gasteiger partial charge on any atom is 0.308 e. The lowest BCUT2D eigenvalue weighted by Crippen LogP contribution is -2.20. The van der Waals surface area contributed by atoms with E-state index in [9.17, 15) is 14.7 Å². The number of aliphatic hydroxyl groups excluding tert-OH is 1. The Balaban J connectivity index is 1.94. The normalized spacial score (nSPS) is 23.7.